The van der Waals surface area contributed by atoms with Gasteiger partial charge in [-0.3, -0.25) is 4.98 Å². The summed E-state index contributed by atoms with van der Waals surface area (Å²) in [7, 11) is 3.39. The van der Waals surface area contributed by atoms with Crippen LogP contribution in [0.15, 0.2) is 55.0 Å². The molecule has 166 valence electrons. The molecule has 0 amide bonds. The van der Waals surface area contributed by atoms with Crippen molar-refractivity contribution >= 4 is 23.2 Å². The van der Waals surface area contributed by atoms with Crippen molar-refractivity contribution < 1.29 is 14.3 Å². The topological polar surface area (TPSA) is 76.6 Å². The Hall–Kier alpha value is -3.61. The zero-order valence-corrected chi connectivity index (χ0v) is 18.7. The first-order chi connectivity index (χ1) is 15.6. The zero-order valence-electron chi connectivity index (χ0n) is 18.7. The molecule has 3 heterocycles. The van der Waals surface area contributed by atoms with Crippen molar-refractivity contribution in [3.8, 4) is 5.75 Å². The van der Waals surface area contributed by atoms with Crippen LogP contribution in [-0.2, 0) is 11.2 Å². The van der Waals surface area contributed by atoms with Crippen LogP contribution in [0.4, 0.5) is 17.2 Å². The Balaban J connectivity index is 1.50. The number of carbonyl (C=O) groups excluding carboxylic acids is 1. The minimum atomic E-state index is -0.379. The van der Waals surface area contributed by atoms with Crippen LogP contribution in [0.25, 0.3) is 0 Å². The number of pyridine rings is 2. The highest BCUT2D eigenvalue weighted by Crippen LogP contribution is 2.37. The summed E-state index contributed by atoms with van der Waals surface area (Å²) in [4.78, 5) is 22.8. The highest BCUT2D eigenvalue weighted by molar-refractivity contribution is 5.95. The van der Waals surface area contributed by atoms with Crippen molar-refractivity contribution in [2.75, 3.05) is 37.5 Å². The van der Waals surface area contributed by atoms with Crippen LogP contribution in [0.2, 0.25) is 0 Å². The lowest BCUT2D eigenvalue weighted by molar-refractivity contribution is 0.0601. The highest BCUT2D eigenvalue weighted by Gasteiger charge is 2.23. The van der Waals surface area contributed by atoms with Crippen molar-refractivity contribution in [1.82, 2.24) is 9.97 Å². The molecule has 3 aromatic rings. The molecule has 0 saturated carbocycles. The standard InChI is InChI=1S/C25H28N4O3/c1-4-17-5-8-24(28-14-17)29(2)19-6-7-20-18(10-12-32-23(20)13-19)15-27-22-16-26-11-9-21(22)25(30)31-3/h5-9,11,13-14,16,18,27H,4,10,12,15H2,1-3H3/t18-/m0/s1. The summed E-state index contributed by atoms with van der Waals surface area (Å²) in [5, 5.41) is 3.37. The molecule has 0 saturated heterocycles. The van der Waals surface area contributed by atoms with Gasteiger partial charge in [-0.2, -0.15) is 0 Å². The molecule has 7 nitrogen and oxygen atoms in total. The number of anilines is 3. The van der Waals surface area contributed by atoms with E-state index < -0.39 is 0 Å². The van der Waals surface area contributed by atoms with Crippen LogP contribution in [-0.4, -0.2) is 43.2 Å². The fraction of sp³-hybridized carbons (Fsp3) is 0.320. The third kappa shape index (κ3) is 4.51. The number of hydrogen-bond acceptors (Lipinski definition) is 7. The maximum absolute atomic E-state index is 12.0. The number of esters is 1. The molecule has 2 aromatic heterocycles. The number of methoxy groups -OCH3 is 1. The van der Waals surface area contributed by atoms with Crippen molar-refractivity contribution in [2.45, 2.75) is 25.7 Å². The van der Waals surface area contributed by atoms with E-state index in [9.17, 15) is 4.79 Å². The van der Waals surface area contributed by atoms with Gasteiger partial charge >= 0.3 is 5.97 Å². The second kappa shape index (κ2) is 9.68. The Bertz CT molecular complexity index is 1080. The first kappa shape index (κ1) is 21.6. The number of aromatic nitrogens is 2. The van der Waals surface area contributed by atoms with Crippen LogP contribution >= 0.6 is 0 Å². The van der Waals surface area contributed by atoms with E-state index in [1.165, 1.54) is 12.7 Å². The number of hydrogen-bond donors (Lipinski definition) is 1. The van der Waals surface area contributed by atoms with E-state index in [0.717, 1.165) is 35.7 Å². The molecule has 0 spiro atoms. The fourth-order valence-corrected chi connectivity index (χ4v) is 3.89. The minimum Gasteiger partial charge on any atom is -0.493 e. The van der Waals surface area contributed by atoms with Crippen LogP contribution in [0.3, 0.4) is 0 Å². The molecule has 32 heavy (non-hydrogen) atoms. The van der Waals surface area contributed by atoms with Gasteiger partial charge in [0, 0.05) is 43.7 Å². The summed E-state index contributed by atoms with van der Waals surface area (Å²) in [5.74, 6) is 1.65. The number of ether oxygens (including phenoxy) is 2. The molecule has 0 fully saturated rings. The Kier molecular flexibility index (Phi) is 6.54. The Morgan fingerprint density at radius 3 is 2.88 bits per heavy atom. The summed E-state index contributed by atoms with van der Waals surface area (Å²) in [6, 6.07) is 12.1. The van der Waals surface area contributed by atoms with Crippen molar-refractivity contribution in [3.05, 3.63) is 71.7 Å². The Morgan fingerprint density at radius 1 is 1.25 bits per heavy atom. The number of aryl methyl sites for hydroxylation is 1. The first-order valence-corrected chi connectivity index (χ1v) is 10.8. The third-order valence-corrected chi connectivity index (χ3v) is 5.87. The molecule has 1 aliphatic heterocycles. The second-order valence-corrected chi connectivity index (χ2v) is 7.79. The number of benzene rings is 1. The molecule has 4 rings (SSSR count). The predicted molar refractivity (Wildman–Crippen MR) is 125 cm³/mol. The quantitative estimate of drug-likeness (QED) is 0.548. The van der Waals surface area contributed by atoms with Gasteiger partial charge in [-0.05, 0) is 42.2 Å². The van der Waals surface area contributed by atoms with Crippen LogP contribution < -0.4 is 15.0 Å². The molecule has 1 aromatic carbocycles. The lowest BCUT2D eigenvalue weighted by atomic mass is 9.92. The number of carbonyl (C=O) groups is 1. The Labute approximate surface area is 188 Å². The van der Waals surface area contributed by atoms with Gasteiger partial charge in [0.2, 0.25) is 0 Å². The molecular weight excluding hydrogens is 404 g/mol. The van der Waals surface area contributed by atoms with Crippen molar-refractivity contribution in [1.29, 1.82) is 0 Å². The maximum Gasteiger partial charge on any atom is 0.340 e. The third-order valence-electron chi connectivity index (χ3n) is 5.87. The fourth-order valence-electron chi connectivity index (χ4n) is 3.89. The smallest absolute Gasteiger partial charge is 0.340 e. The van der Waals surface area contributed by atoms with E-state index in [1.807, 2.05) is 19.3 Å². The van der Waals surface area contributed by atoms with Gasteiger partial charge in [-0.15, -0.1) is 0 Å². The van der Waals surface area contributed by atoms with Gasteiger partial charge in [0.25, 0.3) is 0 Å². The average Bonchev–Trinajstić information content (AvgIpc) is 2.86. The van der Waals surface area contributed by atoms with Gasteiger partial charge in [0.05, 0.1) is 31.2 Å². The molecule has 7 heteroatoms. The van der Waals surface area contributed by atoms with Gasteiger partial charge < -0.3 is 19.7 Å². The maximum atomic E-state index is 12.0. The summed E-state index contributed by atoms with van der Waals surface area (Å²) in [6.45, 7) is 3.44. The monoisotopic (exact) mass is 432 g/mol. The number of fused-ring (bicyclic) bond motifs is 1. The molecule has 0 aliphatic carbocycles. The molecule has 1 N–H and O–H groups in total. The molecule has 0 radical (unpaired) electrons. The van der Waals surface area contributed by atoms with Crippen molar-refractivity contribution in [3.63, 3.8) is 0 Å². The number of nitrogens with zero attached hydrogens (tertiary/aromatic N) is 3. The molecule has 1 aliphatic rings. The highest BCUT2D eigenvalue weighted by atomic mass is 16.5. The van der Waals surface area contributed by atoms with Crippen LogP contribution in [0, 0.1) is 0 Å². The van der Waals surface area contributed by atoms with Gasteiger partial charge in [-0.25, -0.2) is 9.78 Å². The summed E-state index contributed by atoms with van der Waals surface area (Å²) in [6.07, 6.45) is 7.02. The Morgan fingerprint density at radius 2 is 2.12 bits per heavy atom. The minimum absolute atomic E-state index is 0.255. The SMILES string of the molecule is CCc1ccc(N(C)c2ccc3c(c2)OCC[C@H]3CNc2cnccc2C(=O)OC)nc1. The van der Waals surface area contributed by atoms with Crippen LogP contribution in [0.5, 0.6) is 5.75 Å². The first-order valence-electron chi connectivity index (χ1n) is 10.8. The van der Waals surface area contributed by atoms with Gasteiger partial charge in [0.15, 0.2) is 0 Å². The van der Waals surface area contributed by atoms with E-state index in [1.54, 1.807) is 18.5 Å². The van der Waals surface area contributed by atoms with E-state index >= 15 is 0 Å². The number of nitrogens with one attached hydrogen (secondary N) is 1. The summed E-state index contributed by atoms with van der Waals surface area (Å²) in [5.41, 5.74) is 4.54. The zero-order chi connectivity index (χ0) is 22.5. The van der Waals surface area contributed by atoms with Gasteiger partial charge in [-0.1, -0.05) is 19.1 Å². The molecule has 0 bridgehead atoms. The normalized spacial score (nSPS) is 14.8. The molecule has 0 unspecified atom stereocenters. The number of rotatable bonds is 7. The average molecular weight is 433 g/mol. The van der Waals surface area contributed by atoms with E-state index in [0.29, 0.717) is 24.4 Å². The van der Waals surface area contributed by atoms with Crippen LogP contribution in [0.1, 0.15) is 40.7 Å². The van der Waals surface area contributed by atoms with E-state index in [4.69, 9.17) is 9.47 Å². The predicted octanol–water partition coefficient (Wildman–Crippen LogP) is 4.57. The summed E-state index contributed by atoms with van der Waals surface area (Å²) < 4.78 is 10.9. The summed E-state index contributed by atoms with van der Waals surface area (Å²) >= 11 is 0. The molecular formula is C25H28N4O3. The van der Waals surface area contributed by atoms with Crippen molar-refractivity contribution in [2.24, 2.45) is 0 Å². The van der Waals surface area contributed by atoms with Gasteiger partial charge in [0.1, 0.15) is 11.6 Å². The largest absolute Gasteiger partial charge is 0.493 e. The lowest BCUT2D eigenvalue weighted by Crippen LogP contribution is -2.22. The lowest BCUT2D eigenvalue weighted by Gasteiger charge is -2.28. The van der Waals surface area contributed by atoms with E-state index in [2.05, 4.69) is 51.4 Å². The molecule has 1 atom stereocenters. The van der Waals surface area contributed by atoms with E-state index in [-0.39, 0.29) is 11.9 Å². The second-order valence-electron chi connectivity index (χ2n) is 7.79.